The fourth-order valence-electron chi connectivity index (χ4n) is 1.51. The van der Waals surface area contributed by atoms with Crippen LogP contribution in [0.25, 0.3) is 5.57 Å². The first-order chi connectivity index (χ1) is 7.91. The van der Waals surface area contributed by atoms with Crippen LogP contribution in [0, 0.1) is 33.9 Å². The molecule has 17 heavy (non-hydrogen) atoms. The third kappa shape index (κ3) is 2.71. The number of benzene rings is 1. The first kappa shape index (κ1) is 12.9. The van der Waals surface area contributed by atoms with Gasteiger partial charge in [0.05, 0.1) is 17.2 Å². The number of allylic oxidation sites excluding steroid dienone is 2. The highest BCUT2D eigenvalue weighted by Gasteiger charge is 2.23. The molecule has 0 spiro atoms. The summed E-state index contributed by atoms with van der Waals surface area (Å²) in [4.78, 5) is 0. The molecule has 0 radical (unpaired) electrons. The van der Waals surface area contributed by atoms with Crippen molar-refractivity contribution in [1.82, 2.24) is 0 Å². The van der Waals surface area contributed by atoms with Crippen LogP contribution in [0.15, 0.2) is 29.8 Å². The first-order valence-corrected chi connectivity index (χ1v) is 5.21. The van der Waals surface area contributed by atoms with E-state index in [0.717, 1.165) is 0 Å². The van der Waals surface area contributed by atoms with Gasteiger partial charge in [0, 0.05) is 5.56 Å². The number of rotatable bonds is 1. The molecule has 0 N–H and O–H groups in total. The molecule has 0 bridgehead atoms. The van der Waals surface area contributed by atoms with Gasteiger partial charge in [-0.3, -0.25) is 0 Å². The molecular formula is C14H13FN2. The van der Waals surface area contributed by atoms with Crippen LogP contribution >= 0.6 is 0 Å². The Labute approximate surface area is 101 Å². The van der Waals surface area contributed by atoms with Gasteiger partial charge in [-0.15, -0.1) is 0 Å². The van der Waals surface area contributed by atoms with E-state index in [1.54, 1.807) is 12.1 Å². The lowest BCUT2D eigenvalue weighted by atomic mass is 9.82. The minimum absolute atomic E-state index is 0.109. The lowest BCUT2D eigenvalue weighted by Gasteiger charge is -2.18. The molecule has 0 saturated carbocycles. The van der Waals surface area contributed by atoms with Crippen molar-refractivity contribution in [1.29, 1.82) is 10.5 Å². The van der Waals surface area contributed by atoms with Gasteiger partial charge in [0.25, 0.3) is 0 Å². The second-order valence-electron chi connectivity index (χ2n) is 4.70. The van der Waals surface area contributed by atoms with E-state index in [1.165, 1.54) is 12.1 Å². The molecule has 0 saturated heterocycles. The minimum atomic E-state index is -0.485. The van der Waals surface area contributed by atoms with Crippen molar-refractivity contribution in [2.24, 2.45) is 5.41 Å². The molecule has 86 valence electrons. The van der Waals surface area contributed by atoms with Gasteiger partial charge in [0.1, 0.15) is 11.9 Å². The van der Waals surface area contributed by atoms with E-state index < -0.39 is 11.2 Å². The van der Waals surface area contributed by atoms with E-state index in [-0.39, 0.29) is 11.1 Å². The Balaban J connectivity index is 3.56. The average molecular weight is 228 g/mol. The molecule has 0 aromatic heterocycles. The molecule has 3 heteroatoms. The van der Waals surface area contributed by atoms with Crippen molar-refractivity contribution < 1.29 is 4.39 Å². The molecule has 2 nitrogen and oxygen atoms in total. The monoisotopic (exact) mass is 228 g/mol. The van der Waals surface area contributed by atoms with E-state index in [0.29, 0.717) is 5.57 Å². The van der Waals surface area contributed by atoms with Crippen LogP contribution in [0.5, 0.6) is 0 Å². The van der Waals surface area contributed by atoms with Crippen molar-refractivity contribution in [3.05, 3.63) is 41.2 Å². The quantitative estimate of drug-likeness (QED) is 0.688. The maximum atomic E-state index is 13.6. The van der Waals surface area contributed by atoms with Crippen molar-refractivity contribution in [2.75, 3.05) is 0 Å². The van der Waals surface area contributed by atoms with Crippen LogP contribution in [0.1, 0.15) is 26.3 Å². The van der Waals surface area contributed by atoms with Gasteiger partial charge in [0.15, 0.2) is 0 Å². The maximum Gasteiger partial charge on any atom is 0.131 e. The summed E-state index contributed by atoms with van der Waals surface area (Å²) in [5, 5.41) is 18.3. The van der Waals surface area contributed by atoms with E-state index >= 15 is 0 Å². The summed E-state index contributed by atoms with van der Waals surface area (Å²) in [5.74, 6) is -0.485. The Morgan fingerprint density at radius 2 is 1.71 bits per heavy atom. The summed E-state index contributed by atoms with van der Waals surface area (Å²) in [6.07, 6.45) is 0. The predicted molar refractivity (Wildman–Crippen MR) is 64.0 cm³/mol. The predicted octanol–water partition coefficient (Wildman–Crippen LogP) is 3.67. The summed E-state index contributed by atoms with van der Waals surface area (Å²) in [5.41, 5.74) is 0.104. The first-order valence-electron chi connectivity index (χ1n) is 5.21. The van der Waals surface area contributed by atoms with E-state index in [9.17, 15) is 4.39 Å². The summed E-state index contributed by atoms with van der Waals surface area (Å²) < 4.78 is 13.6. The zero-order chi connectivity index (χ0) is 13.1. The lowest BCUT2D eigenvalue weighted by molar-refractivity contribution is 0.521. The summed E-state index contributed by atoms with van der Waals surface area (Å²) in [6, 6.07) is 9.93. The Morgan fingerprint density at radius 3 is 2.12 bits per heavy atom. The number of halogens is 1. The molecular weight excluding hydrogens is 215 g/mol. The second kappa shape index (κ2) is 4.80. The lowest BCUT2D eigenvalue weighted by Crippen LogP contribution is -2.10. The van der Waals surface area contributed by atoms with Gasteiger partial charge in [-0.25, -0.2) is 4.39 Å². The second-order valence-corrected chi connectivity index (χ2v) is 4.70. The fraction of sp³-hybridized carbons (Fsp3) is 0.286. The molecule has 0 aliphatic heterocycles. The summed E-state index contributed by atoms with van der Waals surface area (Å²) >= 11 is 0. The standard InChI is InChI=1S/C14H13FN2/c1-14(2,3)12(9-17)11(8-16)10-6-4-5-7-13(10)15/h4-7H,1-3H3/b12-11+. The van der Waals surface area contributed by atoms with Crippen LogP contribution in [0.2, 0.25) is 0 Å². The molecule has 0 aliphatic carbocycles. The molecule has 0 heterocycles. The Bertz CT molecular complexity index is 537. The van der Waals surface area contributed by atoms with Gasteiger partial charge < -0.3 is 0 Å². The highest BCUT2D eigenvalue weighted by atomic mass is 19.1. The number of nitrogens with zero attached hydrogens (tertiary/aromatic N) is 2. The van der Waals surface area contributed by atoms with Crippen molar-refractivity contribution in [3.8, 4) is 12.1 Å². The largest absolute Gasteiger partial charge is 0.206 e. The topological polar surface area (TPSA) is 47.6 Å². The highest BCUT2D eigenvalue weighted by Crippen LogP contribution is 2.32. The molecule has 0 amide bonds. The van der Waals surface area contributed by atoms with E-state index in [2.05, 4.69) is 0 Å². The molecule has 1 aromatic rings. The van der Waals surface area contributed by atoms with Crippen molar-refractivity contribution in [3.63, 3.8) is 0 Å². The van der Waals surface area contributed by atoms with Gasteiger partial charge in [0.2, 0.25) is 0 Å². The normalized spacial score (nSPS) is 12.4. The zero-order valence-corrected chi connectivity index (χ0v) is 10.1. The van der Waals surface area contributed by atoms with Crippen LogP contribution in [-0.4, -0.2) is 0 Å². The minimum Gasteiger partial charge on any atom is -0.206 e. The van der Waals surface area contributed by atoms with Crippen LogP contribution in [-0.2, 0) is 0 Å². The average Bonchev–Trinajstić information content (AvgIpc) is 2.25. The van der Waals surface area contributed by atoms with Crippen LogP contribution < -0.4 is 0 Å². The van der Waals surface area contributed by atoms with E-state index in [4.69, 9.17) is 10.5 Å². The summed E-state index contributed by atoms with van der Waals surface area (Å²) in [7, 11) is 0. The van der Waals surface area contributed by atoms with Crippen LogP contribution in [0.3, 0.4) is 0 Å². The number of hydrogen-bond donors (Lipinski definition) is 0. The number of nitriles is 2. The Morgan fingerprint density at radius 1 is 1.12 bits per heavy atom. The smallest absolute Gasteiger partial charge is 0.131 e. The van der Waals surface area contributed by atoms with Gasteiger partial charge in [-0.2, -0.15) is 10.5 Å². The third-order valence-electron chi connectivity index (χ3n) is 2.37. The van der Waals surface area contributed by atoms with E-state index in [1.807, 2.05) is 32.9 Å². The Hall–Kier alpha value is -2.13. The molecule has 0 aliphatic rings. The van der Waals surface area contributed by atoms with Crippen molar-refractivity contribution in [2.45, 2.75) is 20.8 Å². The molecule has 0 atom stereocenters. The Kier molecular flexibility index (Phi) is 3.66. The molecule has 0 unspecified atom stereocenters. The van der Waals surface area contributed by atoms with Gasteiger partial charge >= 0.3 is 0 Å². The highest BCUT2D eigenvalue weighted by molar-refractivity contribution is 5.82. The third-order valence-corrected chi connectivity index (χ3v) is 2.37. The molecule has 1 aromatic carbocycles. The zero-order valence-electron chi connectivity index (χ0n) is 10.1. The van der Waals surface area contributed by atoms with Crippen molar-refractivity contribution >= 4 is 5.57 Å². The molecule has 1 rings (SSSR count). The van der Waals surface area contributed by atoms with Gasteiger partial charge in [-0.1, -0.05) is 39.0 Å². The maximum absolute atomic E-state index is 13.6. The SMILES string of the molecule is CC(C)(C)/C(C#N)=C(\C#N)c1ccccc1F. The fourth-order valence-corrected chi connectivity index (χ4v) is 1.51. The van der Waals surface area contributed by atoms with Gasteiger partial charge in [-0.05, 0) is 11.5 Å². The number of hydrogen-bond acceptors (Lipinski definition) is 2. The van der Waals surface area contributed by atoms with Crippen LogP contribution in [0.4, 0.5) is 4.39 Å². The summed E-state index contributed by atoms with van der Waals surface area (Å²) in [6.45, 7) is 5.47. The molecule has 0 fully saturated rings.